The van der Waals surface area contributed by atoms with Gasteiger partial charge in [-0.05, 0) is 66.6 Å². The van der Waals surface area contributed by atoms with Gasteiger partial charge in [0.25, 0.3) is 5.91 Å². The van der Waals surface area contributed by atoms with Crippen molar-refractivity contribution in [1.29, 1.82) is 0 Å². The number of morpholine rings is 1. The number of ether oxygens (including phenoxy) is 1. The molecule has 28 heavy (non-hydrogen) atoms. The van der Waals surface area contributed by atoms with Crippen molar-refractivity contribution in [2.24, 2.45) is 4.99 Å². The Morgan fingerprint density at radius 3 is 2.61 bits per heavy atom. The SMILES string of the molecule is Cc1ccc(C)c(N=C2NC(=O)C(=Cc3ccc(N4CCOCC4)cc3)S2)c1. The van der Waals surface area contributed by atoms with Crippen LogP contribution in [0, 0.1) is 13.8 Å². The summed E-state index contributed by atoms with van der Waals surface area (Å²) in [7, 11) is 0. The lowest BCUT2D eigenvalue weighted by molar-refractivity contribution is -0.115. The van der Waals surface area contributed by atoms with E-state index in [4.69, 9.17) is 4.74 Å². The molecule has 4 rings (SSSR count). The Hall–Kier alpha value is -2.57. The molecule has 6 heteroatoms. The molecule has 1 amide bonds. The number of carbonyl (C=O) groups is 1. The second-order valence-corrected chi connectivity index (χ2v) is 7.99. The third-order valence-electron chi connectivity index (χ3n) is 4.80. The summed E-state index contributed by atoms with van der Waals surface area (Å²) in [4.78, 5) is 19.9. The van der Waals surface area contributed by atoms with Gasteiger partial charge in [-0.25, -0.2) is 4.99 Å². The molecule has 2 aliphatic rings. The van der Waals surface area contributed by atoms with Crippen LogP contribution in [0.3, 0.4) is 0 Å². The smallest absolute Gasteiger partial charge is 0.264 e. The Morgan fingerprint density at radius 1 is 1.11 bits per heavy atom. The molecule has 0 saturated carbocycles. The van der Waals surface area contributed by atoms with Crippen molar-refractivity contribution in [3.63, 3.8) is 0 Å². The van der Waals surface area contributed by atoms with Gasteiger partial charge in [-0.2, -0.15) is 0 Å². The van der Waals surface area contributed by atoms with Crippen LogP contribution >= 0.6 is 11.8 Å². The molecule has 2 fully saturated rings. The van der Waals surface area contributed by atoms with Crippen molar-refractivity contribution in [2.75, 3.05) is 31.2 Å². The summed E-state index contributed by atoms with van der Waals surface area (Å²) in [6.45, 7) is 7.42. The van der Waals surface area contributed by atoms with Gasteiger partial charge in [0, 0.05) is 18.8 Å². The molecule has 0 aromatic heterocycles. The Balaban J connectivity index is 1.50. The molecule has 0 unspecified atom stereocenters. The first-order chi connectivity index (χ1) is 13.6. The normalized spacial score (nSPS) is 20.1. The molecule has 1 N–H and O–H groups in total. The standard InChI is InChI=1S/C22H23N3O2S/c1-15-3-4-16(2)19(13-15)23-22-24-21(26)20(28-22)14-17-5-7-18(8-6-17)25-9-11-27-12-10-25/h3-8,13-14H,9-12H2,1-2H3,(H,23,24,26). The van der Waals surface area contributed by atoms with Gasteiger partial charge in [0.05, 0.1) is 23.8 Å². The van der Waals surface area contributed by atoms with Gasteiger partial charge in [-0.15, -0.1) is 0 Å². The maximum atomic E-state index is 12.3. The summed E-state index contributed by atoms with van der Waals surface area (Å²) < 4.78 is 5.40. The number of anilines is 1. The van der Waals surface area contributed by atoms with Crippen molar-refractivity contribution in [3.05, 3.63) is 64.1 Å². The monoisotopic (exact) mass is 393 g/mol. The number of nitrogens with zero attached hydrogens (tertiary/aromatic N) is 2. The molecule has 2 aliphatic heterocycles. The minimum atomic E-state index is -0.105. The fourth-order valence-electron chi connectivity index (χ4n) is 3.18. The van der Waals surface area contributed by atoms with Crippen molar-refractivity contribution in [2.45, 2.75) is 13.8 Å². The molecule has 0 bridgehead atoms. The summed E-state index contributed by atoms with van der Waals surface area (Å²) in [5.41, 5.74) is 5.31. The molecule has 5 nitrogen and oxygen atoms in total. The maximum absolute atomic E-state index is 12.3. The van der Waals surface area contributed by atoms with E-state index in [1.807, 2.05) is 44.2 Å². The summed E-state index contributed by atoms with van der Waals surface area (Å²) in [6.07, 6.45) is 1.91. The first-order valence-electron chi connectivity index (χ1n) is 9.38. The van der Waals surface area contributed by atoms with Gasteiger partial charge in [0.15, 0.2) is 5.17 Å². The van der Waals surface area contributed by atoms with Gasteiger partial charge >= 0.3 is 0 Å². The van der Waals surface area contributed by atoms with Crippen molar-refractivity contribution in [3.8, 4) is 0 Å². The minimum absolute atomic E-state index is 0.105. The second-order valence-electron chi connectivity index (χ2n) is 6.96. The van der Waals surface area contributed by atoms with E-state index in [0.29, 0.717) is 10.1 Å². The largest absolute Gasteiger partial charge is 0.378 e. The number of carbonyl (C=O) groups excluding carboxylic acids is 1. The zero-order valence-corrected chi connectivity index (χ0v) is 16.9. The van der Waals surface area contributed by atoms with Crippen LogP contribution < -0.4 is 10.2 Å². The highest BCUT2D eigenvalue weighted by molar-refractivity contribution is 8.18. The number of thioether (sulfide) groups is 1. The number of hydrogen-bond donors (Lipinski definition) is 1. The lowest BCUT2D eigenvalue weighted by Crippen LogP contribution is -2.36. The van der Waals surface area contributed by atoms with Gasteiger partial charge < -0.3 is 15.0 Å². The highest BCUT2D eigenvalue weighted by atomic mass is 32.2. The molecular formula is C22H23N3O2S. The maximum Gasteiger partial charge on any atom is 0.264 e. The first kappa shape index (κ1) is 18.8. The van der Waals surface area contributed by atoms with Gasteiger partial charge in [-0.3, -0.25) is 4.79 Å². The fourth-order valence-corrected chi connectivity index (χ4v) is 4.02. The van der Waals surface area contributed by atoms with Gasteiger partial charge in [-0.1, -0.05) is 24.3 Å². The van der Waals surface area contributed by atoms with Crippen molar-refractivity contribution in [1.82, 2.24) is 5.32 Å². The van der Waals surface area contributed by atoms with Crippen molar-refractivity contribution >= 4 is 40.3 Å². The van der Waals surface area contributed by atoms with E-state index >= 15 is 0 Å². The summed E-state index contributed by atoms with van der Waals surface area (Å²) >= 11 is 1.38. The number of benzene rings is 2. The van der Waals surface area contributed by atoms with Crippen LogP contribution in [0.25, 0.3) is 6.08 Å². The van der Waals surface area contributed by atoms with E-state index in [0.717, 1.165) is 48.7 Å². The molecule has 2 aromatic carbocycles. The van der Waals surface area contributed by atoms with Crippen LogP contribution in [0.15, 0.2) is 52.4 Å². The number of aliphatic imine (C=N–C) groups is 1. The van der Waals surface area contributed by atoms with Crippen LogP contribution in [0.2, 0.25) is 0 Å². The Kier molecular flexibility index (Phi) is 5.50. The van der Waals surface area contributed by atoms with Crippen LogP contribution in [-0.4, -0.2) is 37.4 Å². The Bertz CT molecular complexity index is 945. The zero-order chi connectivity index (χ0) is 19.5. The van der Waals surface area contributed by atoms with Crippen LogP contribution in [0.4, 0.5) is 11.4 Å². The van der Waals surface area contributed by atoms with E-state index in [1.165, 1.54) is 17.4 Å². The van der Waals surface area contributed by atoms with E-state index in [2.05, 4.69) is 33.4 Å². The van der Waals surface area contributed by atoms with Gasteiger partial charge in [0.2, 0.25) is 0 Å². The number of hydrogen-bond acceptors (Lipinski definition) is 5. The molecule has 0 aliphatic carbocycles. The molecular weight excluding hydrogens is 370 g/mol. The molecule has 2 aromatic rings. The summed E-state index contributed by atoms with van der Waals surface area (Å²) in [5.74, 6) is -0.105. The van der Waals surface area contributed by atoms with Crippen LogP contribution in [-0.2, 0) is 9.53 Å². The number of rotatable bonds is 3. The number of aryl methyl sites for hydroxylation is 2. The summed E-state index contributed by atoms with van der Waals surface area (Å²) in [6, 6.07) is 14.4. The van der Waals surface area contributed by atoms with E-state index in [1.54, 1.807) is 0 Å². The molecule has 144 valence electrons. The fraction of sp³-hybridized carbons (Fsp3) is 0.273. The van der Waals surface area contributed by atoms with Gasteiger partial charge in [0.1, 0.15) is 0 Å². The highest BCUT2D eigenvalue weighted by Gasteiger charge is 2.24. The predicted octanol–water partition coefficient (Wildman–Crippen LogP) is 4.03. The predicted molar refractivity (Wildman–Crippen MR) is 116 cm³/mol. The van der Waals surface area contributed by atoms with E-state index in [-0.39, 0.29) is 5.91 Å². The zero-order valence-electron chi connectivity index (χ0n) is 16.1. The number of nitrogens with one attached hydrogen (secondary N) is 1. The number of amides is 1. The Morgan fingerprint density at radius 2 is 1.86 bits per heavy atom. The third-order valence-corrected chi connectivity index (χ3v) is 5.71. The third kappa shape index (κ3) is 4.29. The molecule has 2 saturated heterocycles. The van der Waals surface area contributed by atoms with Crippen LogP contribution in [0.1, 0.15) is 16.7 Å². The van der Waals surface area contributed by atoms with E-state index < -0.39 is 0 Å². The number of amidine groups is 1. The highest BCUT2D eigenvalue weighted by Crippen LogP contribution is 2.30. The second kappa shape index (κ2) is 8.20. The topological polar surface area (TPSA) is 53.9 Å². The van der Waals surface area contributed by atoms with Crippen molar-refractivity contribution < 1.29 is 9.53 Å². The Labute approximate surface area is 169 Å². The average Bonchev–Trinajstić information content (AvgIpc) is 3.05. The molecule has 0 radical (unpaired) electrons. The molecule has 0 spiro atoms. The molecule has 0 atom stereocenters. The van der Waals surface area contributed by atoms with Crippen LogP contribution in [0.5, 0.6) is 0 Å². The molecule has 2 heterocycles. The quantitative estimate of drug-likeness (QED) is 0.800. The minimum Gasteiger partial charge on any atom is -0.378 e. The average molecular weight is 394 g/mol. The lowest BCUT2D eigenvalue weighted by Gasteiger charge is -2.28. The summed E-state index contributed by atoms with van der Waals surface area (Å²) in [5, 5.41) is 3.49. The lowest BCUT2D eigenvalue weighted by atomic mass is 10.1. The van der Waals surface area contributed by atoms with E-state index in [9.17, 15) is 4.79 Å². The first-order valence-corrected chi connectivity index (χ1v) is 10.2.